The van der Waals surface area contributed by atoms with Crippen LogP contribution < -0.4 is 10.1 Å². The van der Waals surface area contributed by atoms with Crippen molar-refractivity contribution in [3.05, 3.63) is 54.0 Å². The average Bonchev–Trinajstić information content (AvgIpc) is 3.04. The number of hydrogen-bond acceptors (Lipinski definition) is 3. The minimum absolute atomic E-state index is 0.0801. The molecule has 1 aromatic carbocycles. The second-order valence-electron chi connectivity index (χ2n) is 4.36. The van der Waals surface area contributed by atoms with Gasteiger partial charge in [-0.2, -0.15) is 13.2 Å². The number of ether oxygens (including phenoxy) is 1. The van der Waals surface area contributed by atoms with E-state index in [1.54, 1.807) is 0 Å². The standard InChI is InChI=1S/C16H12F3NO3/c17-16(18,19)13-4-3-5-14(10-13)23-8-2-1-7-20-15(21)12-6-9-22-11-12/h3-6,9-11H,7-8H2,(H,20,21). The van der Waals surface area contributed by atoms with Crippen LogP contribution in [-0.4, -0.2) is 19.1 Å². The highest BCUT2D eigenvalue weighted by Crippen LogP contribution is 2.31. The lowest BCUT2D eigenvalue weighted by atomic mass is 10.2. The van der Waals surface area contributed by atoms with Crippen molar-refractivity contribution < 1.29 is 27.1 Å². The summed E-state index contributed by atoms with van der Waals surface area (Å²) < 4.78 is 47.4. The quantitative estimate of drug-likeness (QED) is 0.880. The Morgan fingerprint density at radius 3 is 2.78 bits per heavy atom. The third kappa shape index (κ3) is 5.11. The summed E-state index contributed by atoms with van der Waals surface area (Å²) in [5.74, 6) is 4.99. The molecule has 0 aliphatic carbocycles. The molecule has 0 saturated carbocycles. The summed E-state index contributed by atoms with van der Waals surface area (Å²) >= 11 is 0. The van der Waals surface area contributed by atoms with Gasteiger partial charge in [-0.3, -0.25) is 4.79 Å². The van der Waals surface area contributed by atoms with Crippen molar-refractivity contribution >= 4 is 5.91 Å². The van der Waals surface area contributed by atoms with Crippen molar-refractivity contribution in [1.29, 1.82) is 0 Å². The summed E-state index contributed by atoms with van der Waals surface area (Å²) in [7, 11) is 0. The predicted molar refractivity (Wildman–Crippen MR) is 75.8 cm³/mol. The van der Waals surface area contributed by atoms with Crippen molar-refractivity contribution in [2.45, 2.75) is 6.18 Å². The number of hydrogen-bond donors (Lipinski definition) is 1. The number of rotatable bonds is 4. The third-order valence-corrected chi connectivity index (χ3v) is 2.72. The second-order valence-corrected chi connectivity index (χ2v) is 4.36. The highest BCUT2D eigenvalue weighted by Gasteiger charge is 2.30. The zero-order valence-corrected chi connectivity index (χ0v) is 11.8. The fraction of sp³-hybridized carbons (Fsp3) is 0.188. The molecule has 1 amide bonds. The number of furan rings is 1. The van der Waals surface area contributed by atoms with Crippen molar-refractivity contribution in [1.82, 2.24) is 5.32 Å². The Morgan fingerprint density at radius 2 is 2.09 bits per heavy atom. The molecule has 0 aliphatic heterocycles. The molecule has 0 spiro atoms. The van der Waals surface area contributed by atoms with Gasteiger partial charge in [-0.25, -0.2) is 0 Å². The zero-order chi connectivity index (χ0) is 16.7. The molecule has 2 rings (SSSR count). The molecule has 23 heavy (non-hydrogen) atoms. The first-order chi connectivity index (χ1) is 11.0. The molecule has 0 fully saturated rings. The molecule has 2 aromatic rings. The Kier molecular flexibility index (Phi) is 5.31. The maximum absolute atomic E-state index is 12.5. The van der Waals surface area contributed by atoms with E-state index < -0.39 is 11.7 Å². The molecule has 0 bridgehead atoms. The normalized spacial score (nSPS) is 10.6. The minimum Gasteiger partial charge on any atom is -0.481 e. The SMILES string of the molecule is O=C(NCC#CCOc1cccc(C(F)(F)F)c1)c1ccoc1. The highest BCUT2D eigenvalue weighted by atomic mass is 19.4. The number of amides is 1. The van der Waals surface area contributed by atoms with Crippen molar-refractivity contribution in [2.75, 3.05) is 13.2 Å². The van der Waals surface area contributed by atoms with Gasteiger partial charge < -0.3 is 14.5 Å². The smallest absolute Gasteiger partial charge is 0.416 e. The Morgan fingerprint density at radius 1 is 1.26 bits per heavy atom. The summed E-state index contributed by atoms with van der Waals surface area (Å²) in [4.78, 5) is 11.5. The van der Waals surface area contributed by atoms with E-state index >= 15 is 0 Å². The molecule has 1 aromatic heterocycles. The van der Waals surface area contributed by atoms with E-state index in [1.807, 2.05) is 0 Å². The molecule has 120 valence electrons. The van der Waals surface area contributed by atoms with Crippen LogP contribution in [-0.2, 0) is 6.18 Å². The van der Waals surface area contributed by atoms with E-state index in [0.717, 1.165) is 12.1 Å². The van der Waals surface area contributed by atoms with Crippen LogP contribution >= 0.6 is 0 Å². The van der Waals surface area contributed by atoms with E-state index in [-0.39, 0.29) is 24.8 Å². The Bertz CT molecular complexity index is 712. The van der Waals surface area contributed by atoms with E-state index in [1.165, 1.54) is 30.7 Å². The van der Waals surface area contributed by atoms with Crippen LogP contribution in [0.3, 0.4) is 0 Å². The summed E-state index contributed by atoms with van der Waals surface area (Å²) in [5, 5.41) is 2.54. The predicted octanol–water partition coefficient (Wildman–Crippen LogP) is 3.11. The Balaban J connectivity index is 1.77. The molecule has 0 unspecified atom stereocenters. The summed E-state index contributed by atoms with van der Waals surface area (Å²) in [6.07, 6.45) is -1.73. The number of halogens is 3. The van der Waals surface area contributed by atoms with Gasteiger partial charge in [0.05, 0.1) is 23.9 Å². The second kappa shape index (κ2) is 7.40. The van der Waals surface area contributed by atoms with Gasteiger partial charge in [0.25, 0.3) is 5.91 Å². The summed E-state index contributed by atoms with van der Waals surface area (Å²) in [5.41, 5.74) is -0.401. The molecular weight excluding hydrogens is 311 g/mol. The van der Waals surface area contributed by atoms with Gasteiger partial charge in [0, 0.05) is 0 Å². The molecule has 1 heterocycles. The first-order valence-corrected chi connectivity index (χ1v) is 6.53. The summed E-state index contributed by atoms with van der Waals surface area (Å²) in [6, 6.07) is 6.06. The lowest BCUT2D eigenvalue weighted by molar-refractivity contribution is -0.137. The molecular formula is C16H12F3NO3. The van der Waals surface area contributed by atoms with Crippen LogP contribution in [0.15, 0.2) is 47.3 Å². The van der Waals surface area contributed by atoms with Gasteiger partial charge in [-0.15, -0.1) is 0 Å². The molecule has 0 radical (unpaired) electrons. The monoisotopic (exact) mass is 323 g/mol. The maximum Gasteiger partial charge on any atom is 0.416 e. The maximum atomic E-state index is 12.5. The van der Waals surface area contributed by atoms with Gasteiger partial charge in [0.15, 0.2) is 0 Å². The molecule has 7 heteroatoms. The van der Waals surface area contributed by atoms with Gasteiger partial charge in [0.2, 0.25) is 0 Å². The van der Waals surface area contributed by atoms with E-state index in [0.29, 0.717) is 5.56 Å². The molecule has 0 aliphatic rings. The molecule has 0 saturated heterocycles. The van der Waals surface area contributed by atoms with E-state index in [4.69, 9.17) is 9.15 Å². The average molecular weight is 323 g/mol. The van der Waals surface area contributed by atoms with Crippen LogP contribution in [0, 0.1) is 11.8 Å². The first kappa shape index (κ1) is 16.5. The minimum atomic E-state index is -4.41. The van der Waals surface area contributed by atoms with Gasteiger partial charge in [0.1, 0.15) is 18.6 Å². The van der Waals surface area contributed by atoms with Crippen LogP contribution in [0.25, 0.3) is 0 Å². The topological polar surface area (TPSA) is 51.5 Å². The van der Waals surface area contributed by atoms with Gasteiger partial charge in [-0.05, 0) is 24.3 Å². The zero-order valence-electron chi connectivity index (χ0n) is 11.8. The third-order valence-electron chi connectivity index (χ3n) is 2.72. The fourth-order valence-electron chi connectivity index (χ4n) is 1.62. The summed E-state index contributed by atoms with van der Waals surface area (Å²) in [6.45, 7) is 0.0128. The number of carbonyl (C=O) groups is 1. The van der Waals surface area contributed by atoms with E-state index in [2.05, 4.69) is 17.2 Å². The number of benzene rings is 1. The lowest BCUT2D eigenvalue weighted by Crippen LogP contribution is -2.23. The molecule has 4 nitrogen and oxygen atoms in total. The van der Waals surface area contributed by atoms with Crippen LogP contribution in [0.1, 0.15) is 15.9 Å². The molecule has 1 N–H and O–H groups in total. The number of nitrogens with one attached hydrogen (secondary N) is 1. The van der Waals surface area contributed by atoms with Gasteiger partial charge >= 0.3 is 6.18 Å². The first-order valence-electron chi connectivity index (χ1n) is 6.53. The van der Waals surface area contributed by atoms with Crippen LogP contribution in [0.2, 0.25) is 0 Å². The van der Waals surface area contributed by atoms with Crippen LogP contribution in [0.4, 0.5) is 13.2 Å². The largest absolute Gasteiger partial charge is 0.481 e. The Hall–Kier alpha value is -2.88. The van der Waals surface area contributed by atoms with Gasteiger partial charge in [-0.1, -0.05) is 17.9 Å². The molecule has 0 atom stereocenters. The Labute approximate surface area is 130 Å². The highest BCUT2D eigenvalue weighted by molar-refractivity contribution is 5.93. The number of alkyl halides is 3. The van der Waals surface area contributed by atoms with Crippen molar-refractivity contribution in [2.24, 2.45) is 0 Å². The number of carbonyl (C=O) groups excluding carboxylic acids is 1. The van der Waals surface area contributed by atoms with Crippen molar-refractivity contribution in [3.63, 3.8) is 0 Å². The van der Waals surface area contributed by atoms with Crippen LogP contribution in [0.5, 0.6) is 5.75 Å². The fourth-order valence-corrected chi connectivity index (χ4v) is 1.62. The van der Waals surface area contributed by atoms with Crippen molar-refractivity contribution in [3.8, 4) is 17.6 Å². The lowest BCUT2D eigenvalue weighted by Gasteiger charge is -2.08. The van der Waals surface area contributed by atoms with E-state index in [9.17, 15) is 18.0 Å².